The molecule has 39 heavy (non-hydrogen) atoms. The summed E-state index contributed by atoms with van der Waals surface area (Å²) in [6, 6.07) is 14.1. The standard InChI is InChI=1S/C30H24Cl2N2O5/c31-21-2-1-3-22(32)27(21)28-20(29(39-34-28)16-6-7-16)14-37-26-11-10-24-23(33-26)13-19(15-4-5-15)18-9-8-17(30(35)36)12-25(18)38-24/h1-3,8-12,15-16,19H,4-7,13-14H2,(H,35,36)/t19-/m1/s1. The zero-order valence-corrected chi connectivity index (χ0v) is 22.3. The van der Waals surface area contributed by atoms with E-state index in [1.807, 2.05) is 12.1 Å². The first-order valence-corrected chi connectivity index (χ1v) is 13.8. The number of aromatic nitrogens is 2. The van der Waals surface area contributed by atoms with Crippen molar-refractivity contribution in [1.29, 1.82) is 0 Å². The highest BCUT2D eigenvalue weighted by atomic mass is 35.5. The van der Waals surface area contributed by atoms with E-state index in [-0.39, 0.29) is 18.1 Å². The number of benzene rings is 2. The monoisotopic (exact) mass is 562 g/mol. The number of fused-ring (bicyclic) bond motifs is 2. The van der Waals surface area contributed by atoms with Gasteiger partial charge in [0.05, 0.1) is 26.9 Å². The Morgan fingerprint density at radius 3 is 2.54 bits per heavy atom. The number of carboxylic acids is 1. The predicted octanol–water partition coefficient (Wildman–Crippen LogP) is 8.04. The van der Waals surface area contributed by atoms with Crippen molar-refractivity contribution in [2.75, 3.05) is 0 Å². The summed E-state index contributed by atoms with van der Waals surface area (Å²) in [6.07, 6.45) is 5.05. The molecule has 198 valence electrons. The molecule has 7 nitrogen and oxygen atoms in total. The lowest BCUT2D eigenvalue weighted by atomic mass is 9.89. The molecule has 4 aromatic rings. The SMILES string of the molecule is O=C(O)c1ccc2c(c1)Oc1ccc(OCc3c(-c4c(Cl)cccc4Cl)noc3C3CC3)nc1C[C@@H]2C1CC1. The average molecular weight is 563 g/mol. The molecule has 2 saturated carbocycles. The number of pyridine rings is 1. The van der Waals surface area contributed by atoms with Crippen LogP contribution in [0.1, 0.15) is 70.5 Å². The zero-order chi connectivity index (χ0) is 26.7. The van der Waals surface area contributed by atoms with E-state index >= 15 is 0 Å². The molecule has 3 aliphatic rings. The van der Waals surface area contributed by atoms with Crippen molar-refractivity contribution < 1.29 is 23.9 Å². The molecule has 0 unspecified atom stereocenters. The van der Waals surface area contributed by atoms with Gasteiger partial charge in [-0.05, 0) is 73.4 Å². The van der Waals surface area contributed by atoms with Gasteiger partial charge in [0.1, 0.15) is 29.6 Å². The van der Waals surface area contributed by atoms with Crippen LogP contribution in [0.4, 0.5) is 0 Å². The first kappa shape index (κ1) is 24.5. The maximum Gasteiger partial charge on any atom is 0.335 e. The van der Waals surface area contributed by atoms with Gasteiger partial charge in [0.25, 0.3) is 0 Å². The molecular weight excluding hydrogens is 539 g/mol. The molecule has 0 saturated heterocycles. The minimum absolute atomic E-state index is 0.202. The number of carboxylic acid groups (broad SMARTS) is 1. The summed E-state index contributed by atoms with van der Waals surface area (Å²) in [6.45, 7) is 0.202. The first-order valence-electron chi connectivity index (χ1n) is 13.1. The van der Waals surface area contributed by atoms with Crippen LogP contribution < -0.4 is 9.47 Å². The fraction of sp³-hybridized carbons (Fsp3) is 0.300. The van der Waals surface area contributed by atoms with Crippen LogP contribution >= 0.6 is 23.2 Å². The molecule has 3 heterocycles. The summed E-state index contributed by atoms with van der Waals surface area (Å²) < 4.78 is 18.2. The van der Waals surface area contributed by atoms with E-state index in [9.17, 15) is 9.90 Å². The third-order valence-electron chi connectivity index (χ3n) is 7.72. The molecule has 7 rings (SSSR count). The summed E-state index contributed by atoms with van der Waals surface area (Å²) in [5.74, 6) is 2.53. The quantitative estimate of drug-likeness (QED) is 0.243. The Hall–Kier alpha value is -3.55. The minimum Gasteiger partial charge on any atom is -0.478 e. The smallest absolute Gasteiger partial charge is 0.335 e. The normalized spacial score (nSPS) is 18.1. The Morgan fingerprint density at radius 2 is 1.82 bits per heavy atom. The van der Waals surface area contributed by atoms with Gasteiger partial charge in [-0.1, -0.05) is 40.5 Å². The highest BCUT2D eigenvalue weighted by Crippen LogP contribution is 2.50. The molecule has 2 aromatic carbocycles. The zero-order valence-electron chi connectivity index (χ0n) is 20.8. The molecule has 2 aromatic heterocycles. The van der Waals surface area contributed by atoms with Crippen LogP contribution in [0.2, 0.25) is 10.0 Å². The molecule has 0 spiro atoms. The third-order valence-corrected chi connectivity index (χ3v) is 8.35. The number of aromatic carboxylic acids is 1. The van der Waals surface area contributed by atoms with Crippen LogP contribution in [0.5, 0.6) is 17.4 Å². The maximum atomic E-state index is 11.6. The fourth-order valence-electron chi connectivity index (χ4n) is 5.40. The highest BCUT2D eigenvalue weighted by molar-refractivity contribution is 6.39. The van der Waals surface area contributed by atoms with Gasteiger partial charge in [0, 0.05) is 24.0 Å². The van der Waals surface area contributed by atoms with Crippen LogP contribution in [0.25, 0.3) is 11.3 Å². The van der Waals surface area contributed by atoms with Crippen molar-refractivity contribution in [2.45, 2.75) is 50.5 Å². The largest absolute Gasteiger partial charge is 0.478 e. The van der Waals surface area contributed by atoms with E-state index in [0.717, 1.165) is 48.3 Å². The summed E-state index contributed by atoms with van der Waals surface area (Å²) in [7, 11) is 0. The number of halogens is 2. The third kappa shape index (κ3) is 4.64. The molecule has 0 bridgehead atoms. The Bertz CT molecular complexity index is 1590. The van der Waals surface area contributed by atoms with Gasteiger partial charge in [0.2, 0.25) is 5.88 Å². The molecule has 1 N–H and O–H groups in total. The van der Waals surface area contributed by atoms with Crippen LogP contribution in [0.15, 0.2) is 53.1 Å². The Morgan fingerprint density at radius 1 is 1.03 bits per heavy atom. The first-order chi connectivity index (χ1) is 19.0. The Balaban J connectivity index is 1.19. The van der Waals surface area contributed by atoms with E-state index in [4.69, 9.17) is 42.2 Å². The van der Waals surface area contributed by atoms with Gasteiger partial charge in [-0.25, -0.2) is 9.78 Å². The van der Waals surface area contributed by atoms with Crippen LogP contribution in [0.3, 0.4) is 0 Å². The summed E-state index contributed by atoms with van der Waals surface area (Å²) >= 11 is 13.0. The van der Waals surface area contributed by atoms with Crippen molar-refractivity contribution in [3.8, 4) is 28.6 Å². The molecule has 2 aliphatic carbocycles. The van der Waals surface area contributed by atoms with Gasteiger partial charge < -0.3 is 19.1 Å². The van der Waals surface area contributed by atoms with E-state index < -0.39 is 5.97 Å². The van der Waals surface area contributed by atoms with E-state index in [2.05, 4.69) is 5.16 Å². The Labute approximate surface area is 234 Å². The van der Waals surface area contributed by atoms with Crippen molar-refractivity contribution in [3.05, 3.63) is 86.7 Å². The number of nitrogens with zero attached hydrogens (tertiary/aromatic N) is 2. The van der Waals surface area contributed by atoms with Crippen molar-refractivity contribution in [3.63, 3.8) is 0 Å². The van der Waals surface area contributed by atoms with Gasteiger partial charge in [-0.15, -0.1) is 0 Å². The fourth-order valence-corrected chi connectivity index (χ4v) is 5.98. The van der Waals surface area contributed by atoms with Crippen LogP contribution in [-0.2, 0) is 13.0 Å². The number of carbonyl (C=O) groups is 1. The lowest BCUT2D eigenvalue weighted by Gasteiger charge is -2.16. The summed E-state index contributed by atoms with van der Waals surface area (Å²) in [5, 5.41) is 14.8. The number of rotatable bonds is 7. The van der Waals surface area contributed by atoms with Crippen LogP contribution in [-0.4, -0.2) is 21.2 Å². The Kier molecular flexibility index (Phi) is 6.01. The second-order valence-electron chi connectivity index (χ2n) is 10.4. The second-order valence-corrected chi connectivity index (χ2v) is 11.3. The van der Waals surface area contributed by atoms with E-state index in [0.29, 0.717) is 56.9 Å². The number of hydrogen-bond donors (Lipinski definition) is 1. The number of ether oxygens (including phenoxy) is 2. The number of hydrogen-bond acceptors (Lipinski definition) is 6. The topological polar surface area (TPSA) is 94.7 Å². The van der Waals surface area contributed by atoms with Crippen LogP contribution in [0, 0.1) is 5.92 Å². The van der Waals surface area contributed by atoms with Crippen molar-refractivity contribution in [1.82, 2.24) is 10.1 Å². The van der Waals surface area contributed by atoms with Gasteiger partial charge in [-0.3, -0.25) is 0 Å². The molecule has 9 heteroatoms. The molecule has 0 radical (unpaired) electrons. The van der Waals surface area contributed by atoms with E-state index in [1.54, 1.807) is 36.4 Å². The van der Waals surface area contributed by atoms with E-state index in [1.165, 1.54) is 0 Å². The molecule has 1 aliphatic heterocycles. The lowest BCUT2D eigenvalue weighted by molar-refractivity contribution is 0.0696. The molecular formula is C30H24Cl2N2O5. The van der Waals surface area contributed by atoms with Gasteiger partial charge in [0.15, 0.2) is 0 Å². The molecule has 1 atom stereocenters. The lowest BCUT2D eigenvalue weighted by Crippen LogP contribution is -2.07. The van der Waals surface area contributed by atoms with Gasteiger partial charge in [-0.2, -0.15) is 0 Å². The molecule has 2 fully saturated rings. The average Bonchev–Trinajstić information content (AvgIpc) is 3.84. The van der Waals surface area contributed by atoms with Crippen molar-refractivity contribution >= 4 is 29.2 Å². The maximum absolute atomic E-state index is 11.6. The summed E-state index contributed by atoms with van der Waals surface area (Å²) in [5.41, 5.74) is 4.06. The van der Waals surface area contributed by atoms with Crippen molar-refractivity contribution in [2.24, 2.45) is 5.92 Å². The predicted molar refractivity (Wildman–Crippen MR) is 145 cm³/mol. The highest BCUT2D eigenvalue weighted by Gasteiger charge is 2.37. The minimum atomic E-state index is -0.979. The van der Waals surface area contributed by atoms with Gasteiger partial charge >= 0.3 is 5.97 Å². The molecule has 0 amide bonds. The second kappa shape index (κ2) is 9.57. The summed E-state index contributed by atoms with van der Waals surface area (Å²) in [4.78, 5) is 16.4.